The Kier molecular flexibility index (Phi) is 6.57. The molecule has 0 saturated carbocycles. The van der Waals surface area contributed by atoms with Gasteiger partial charge in [-0.2, -0.15) is 0 Å². The number of hydrogen-bond donors (Lipinski definition) is 2. The second-order valence-corrected chi connectivity index (χ2v) is 8.46. The predicted octanol–water partition coefficient (Wildman–Crippen LogP) is 3.15. The Morgan fingerprint density at radius 3 is 2.50 bits per heavy atom. The lowest BCUT2D eigenvalue weighted by Crippen LogP contribution is -2.52. The Balaban J connectivity index is 1.33. The lowest BCUT2D eigenvalue weighted by atomic mass is 10.0. The van der Waals surface area contributed by atoms with Gasteiger partial charge in [-0.1, -0.05) is 11.6 Å². The summed E-state index contributed by atoms with van der Waals surface area (Å²) in [7, 11) is 0. The third-order valence-electron chi connectivity index (χ3n) is 5.74. The molecule has 2 aliphatic heterocycles. The van der Waals surface area contributed by atoms with Crippen molar-refractivity contribution >= 4 is 29.1 Å². The summed E-state index contributed by atoms with van der Waals surface area (Å²) >= 11 is 5.91. The maximum absolute atomic E-state index is 13.9. The second-order valence-electron chi connectivity index (χ2n) is 8.02. The number of piperidine rings is 1. The van der Waals surface area contributed by atoms with Crippen molar-refractivity contribution in [2.75, 3.05) is 18.1 Å². The van der Waals surface area contributed by atoms with Gasteiger partial charge < -0.3 is 5.32 Å². The molecule has 0 aromatic heterocycles. The minimum Gasteiger partial charge on any atom is -0.351 e. The Labute approximate surface area is 188 Å². The number of hydrogen-bond acceptors (Lipinski definition) is 4. The van der Waals surface area contributed by atoms with E-state index in [1.165, 1.54) is 5.01 Å². The summed E-state index contributed by atoms with van der Waals surface area (Å²) in [6.07, 6.45) is 1.23. The third-order valence-corrected chi connectivity index (χ3v) is 5.99. The van der Waals surface area contributed by atoms with Crippen LogP contribution in [0.1, 0.15) is 24.8 Å². The first-order chi connectivity index (χ1) is 15.3. The van der Waals surface area contributed by atoms with Gasteiger partial charge in [0.2, 0.25) is 11.8 Å². The Bertz CT molecular complexity index is 1010. The summed E-state index contributed by atoms with van der Waals surface area (Å²) in [5.41, 5.74) is 3.32. The quantitative estimate of drug-likeness (QED) is 0.664. The average Bonchev–Trinajstić information content (AvgIpc) is 3.15. The van der Waals surface area contributed by atoms with Gasteiger partial charge in [0.15, 0.2) is 11.6 Å². The molecule has 1 atom stereocenters. The van der Waals surface area contributed by atoms with Crippen LogP contribution in [0.5, 0.6) is 0 Å². The molecule has 0 spiro atoms. The van der Waals surface area contributed by atoms with Crippen molar-refractivity contribution in [1.82, 2.24) is 15.6 Å². The van der Waals surface area contributed by atoms with Crippen LogP contribution in [0.4, 0.5) is 18.9 Å². The van der Waals surface area contributed by atoms with Gasteiger partial charge in [0.25, 0.3) is 0 Å². The van der Waals surface area contributed by atoms with Crippen LogP contribution in [-0.4, -0.2) is 41.9 Å². The summed E-state index contributed by atoms with van der Waals surface area (Å²) in [6.45, 7) is 1.16. The zero-order valence-corrected chi connectivity index (χ0v) is 17.8. The molecule has 32 heavy (non-hydrogen) atoms. The van der Waals surface area contributed by atoms with E-state index >= 15 is 0 Å². The first-order valence-electron chi connectivity index (χ1n) is 10.3. The molecule has 6 nitrogen and oxygen atoms in total. The number of hydrazine groups is 1. The molecule has 2 saturated heterocycles. The molecule has 0 radical (unpaired) electrons. The molecule has 10 heteroatoms. The SMILES string of the molecule is O=C1CC(C(=O)NC2CCN(Cc3cc(F)cc(F)c3F)CC2)N(c2ccc(Cl)cc2)N1. The number of likely N-dealkylation sites (tertiary alicyclic amines) is 1. The fourth-order valence-electron chi connectivity index (χ4n) is 4.08. The molecule has 2 N–H and O–H groups in total. The Hall–Kier alpha value is -2.78. The van der Waals surface area contributed by atoms with E-state index in [1.807, 2.05) is 4.90 Å². The second kappa shape index (κ2) is 9.38. The number of halogens is 4. The molecular weight excluding hydrogens is 445 g/mol. The first kappa shape index (κ1) is 22.4. The van der Waals surface area contributed by atoms with Crippen molar-refractivity contribution in [3.8, 4) is 0 Å². The van der Waals surface area contributed by atoms with Gasteiger partial charge in [-0.15, -0.1) is 0 Å². The number of carbonyl (C=O) groups excluding carboxylic acids is 2. The average molecular weight is 467 g/mol. The van der Waals surface area contributed by atoms with E-state index in [4.69, 9.17) is 11.6 Å². The zero-order valence-electron chi connectivity index (χ0n) is 17.1. The van der Waals surface area contributed by atoms with Gasteiger partial charge in [-0.3, -0.25) is 24.9 Å². The van der Waals surface area contributed by atoms with Crippen molar-refractivity contribution in [1.29, 1.82) is 0 Å². The van der Waals surface area contributed by atoms with E-state index in [0.717, 1.165) is 6.07 Å². The van der Waals surface area contributed by atoms with Crippen LogP contribution in [-0.2, 0) is 16.1 Å². The van der Waals surface area contributed by atoms with Gasteiger partial charge >= 0.3 is 0 Å². The molecule has 0 aliphatic carbocycles. The highest BCUT2D eigenvalue weighted by Gasteiger charge is 2.37. The molecule has 2 aromatic rings. The van der Waals surface area contributed by atoms with Crippen molar-refractivity contribution in [3.63, 3.8) is 0 Å². The molecule has 2 fully saturated rings. The van der Waals surface area contributed by atoms with Crippen LogP contribution in [0, 0.1) is 17.5 Å². The van der Waals surface area contributed by atoms with E-state index in [1.54, 1.807) is 24.3 Å². The molecular formula is C22H22ClF3N4O2. The lowest BCUT2D eigenvalue weighted by molar-refractivity contribution is -0.125. The zero-order chi connectivity index (χ0) is 22.8. The van der Waals surface area contributed by atoms with Crippen LogP contribution in [0.15, 0.2) is 36.4 Å². The largest absolute Gasteiger partial charge is 0.351 e. The van der Waals surface area contributed by atoms with Crippen LogP contribution >= 0.6 is 11.6 Å². The van der Waals surface area contributed by atoms with E-state index in [0.29, 0.717) is 42.7 Å². The van der Waals surface area contributed by atoms with Crippen LogP contribution < -0.4 is 15.8 Å². The third kappa shape index (κ3) is 4.99. The fraction of sp³-hybridized carbons (Fsp3) is 0.364. The number of nitrogens with one attached hydrogen (secondary N) is 2. The van der Waals surface area contributed by atoms with Gasteiger partial charge in [0.1, 0.15) is 11.9 Å². The van der Waals surface area contributed by atoms with Gasteiger partial charge in [0.05, 0.1) is 12.1 Å². The van der Waals surface area contributed by atoms with Crippen molar-refractivity contribution < 1.29 is 22.8 Å². The highest BCUT2D eigenvalue weighted by Crippen LogP contribution is 2.24. The molecule has 2 amide bonds. The summed E-state index contributed by atoms with van der Waals surface area (Å²) in [5.74, 6) is -3.57. The molecule has 1 unspecified atom stereocenters. The van der Waals surface area contributed by atoms with Crippen molar-refractivity contribution in [3.05, 3.63) is 64.4 Å². The minimum absolute atomic E-state index is 0.0286. The van der Waals surface area contributed by atoms with Gasteiger partial charge in [-0.25, -0.2) is 13.2 Å². The van der Waals surface area contributed by atoms with Gasteiger partial charge in [-0.05, 0) is 43.2 Å². The summed E-state index contributed by atoms with van der Waals surface area (Å²) in [4.78, 5) is 26.7. The van der Waals surface area contributed by atoms with Crippen molar-refractivity contribution in [2.45, 2.75) is 37.9 Å². The number of amides is 2. The number of anilines is 1. The van der Waals surface area contributed by atoms with E-state index in [2.05, 4.69) is 10.7 Å². The van der Waals surface area contributed by atoms with Crippen LogP contribution in [0.3, 0.4) is 0 Å². The topological polar surface area (TPSA) is 64.7 Å². The summed E-state index contributed by atoms with van der Waals surface area (Å²) in [6, 6.07) is 7.53. The highest BCUT2D eigenvalue weighted by molar-refractivity contribution is 6.30. The number of nitrogens with zero attached hydrogens (tertiary/aromatic N) is 2. The van der Waals surface area contributed by atoms with E-state index in [9.17, 15) is 22.8 Å². The molecule has 0 bridgehead atoms. The maximum atomic E-state index is 13.9. The van der Waals surface area contributed by atoms with Crippen LogP contribution in [0.2, 0.25) is 5.02 Å². The molecule has 170 valence electrons. The minimum atomic E-state index is -1.20. The van der Waals surface area contributed by atoms with Gasteiger partial charge in [0, 0.05) is 42.3 Å². The fourth-order valence-corrected chi connectivity index (χ4v) is 4.20. The summed E-state index contributed by atoms with van der Waals surface area (Å²) < 4.78 is 40.8. The monoisotopic (exact) mass is 466 g/mol. The molecule has 2 aromatic carbocycles. The highest BCUT2D eigenvalue weighted by atomic mass is 35.5. The number of carbonyl (C=O) groups is 2. The maximum Gasteiger partial charge on any atom is 0.245 e. The Morgan fingerprint density at radius 1 is 1.12 bits per heavy atom. The molecule has 2 heterocycles. The summed E-state index contributed by atoms with van der Waals surface area (Å²) in [5, 5.41) is 5.07. The van der Waals surface area contributed by atoms with Crippen LogP contribution in [0.25, 0.3) is 0 Å². The smallest absolute Gasteiger partial charge is 0.245 e. The van der Waals surface area contributed by atoms with E-state index < -0.39 is 23.5 Å². The molecule has 2 aliphatic rings. The Morgan fingerprint density at radius 2 is 1.81 bits per heavy atom. The van der Waals surface area contributed by atoms with E-state index in [-0.39, 0.29) is 36.4 Å². The molecule has 4 rings (SSSR count). The number of rotatable bonds is 5. The number of benzene rings is 2. The normalized spacial score (nSPS) is 19.8. The predicted molar refractivity (Wildman–Crippen MR) is 113 cm³/mol. The lowest BCUT2D eigenvalue weighted by Gasteiger charge is -2.33. The first-order valence-corrected chi connectivity index (χ1v) is 10.7. The van der Waals surface area contributed by atoms with Crippen molar-refractivity contribution in [2.24, 2.45) is 0 Å². The standard InChI is InChI=1S/C22H22ClF3N4O2/c23-14-1-3-17(4-2-14)30-19(11-20(31)28-30)22(32)27-16-5-7-29(8-6-16)12-13-9-15(24)10-18(25)21(13)26/h1-4,9-10,16,19H,5-8,11-12H2,(H,27,32)(H,28,31).